The van der Waals surface area contributed by atoms with Gasteiger partial charge < -0.3 is 4.74 Å². The predicted molar refractivity (Wildman–Crippen MR) is 220 cm³/mol. The summed E-state index contributed by atoms with van der Waals surface area (Å²) >= 11 is 0. The van der Waals surface area contributed by atoms with Crippen LogP contribution in [0.3, 0.4) is 0 Å². The lowest BCUT2D eigenvalue weighted by Gasteiger charge is -2.10. The third kappa shape index (κ3) is 13.4. The molecule has 0 amide bonds. The first-order chi connectivity index (χ1) is 27.9. The molecular weight excluding hydrogens is 750 g/mol. The van der Waals surface area contributed by atoms with Crippen LogP contribution in [-0.2, 0) is 44.7 Å². The summed E-state index contributed by atoms with van der Waals surface area (Å²) in [6, 6.07) is 38.8. The number of unbranched alkanes of at least 4 members (excludes halogenated alkanes) is 2. The lowest BCUT2D eigenvalue weighted by Crippen LogP contribution is -2.05. The summed E-state index contributed by atoms with van der Waals surface area (Å²) in [5.41, 5.74) is 8.33. The highest BCUT2D eigenvalue weighted by molar-refractivity contribution is 5.65. The van der Waals surface area contributed by atoms with Gasteiger partial charge in [-0.3, -0.25) is 0 Å². The van der Waals surface area contributed by atoms with Crippen molar-refractivity contribution in [2.24, 2.45) is 0 Å². The van der Waals surface area contributed by atoms with Crippen molar-refractivity contribution in [3.05, 3.63) is 184 Å². The lowest BCUT2D eigenvalue weighted by atomic mass is 9.98. The quantitative estimate of drug-likeness (QED) is 0.0700. The van der Waals surface area contributed by atoms with Gasteiger partial charge in [0, 0.05) is 5.56 Å². The van der Waals surface area contributed by atoms with Crippen LogP contribution in [0.2, 0.25) is 0 Å². The Morgan fingerprint density at radius 3 is 1.47 bits per heavy atom. The standard InChI is InChI=1S/C26H27F3O.C24H22F4/c1-2-3-4-5-20-9-13-23(25(27)18-20)12-8-19-6-10-21(11-7-19)22-14-16-24(17-15-22)30-26(28)29;1-2-3-17-4-6-18(7-5-17)8-9-19-10-12-20(13-11-19)22-15-14-21(16-23(22)25)24(26,27)28/h6-7,9-11,13-18,26H,2-5,8,12H2,1H3;4-7,10-16H,2-3,8-9H2,1H3. The number of halogens is 7. The van der Waals surface area contributed by atoms with Crippen LogP contribution >= 0.6 is 0 Å². The minimum atomic E-state index is -4.54. The summed E-state index contributed by atoms with van der Waals surface area (Å²) in [6.45, 7) is 1.50. The molecule has 8 heteroatoms. The molecule has 58 heavy (non-hydrogen) atoms. The maximum absolute atomic E-state index is 14.4. The van der Waals surface area contributed by atoms with Gasteiger partial charge in [0.05, 0.1) is 5.56 Å². The highest BCUT2D eigenvalue weighted by atomic mass is 19.4. The molecule has 304 valence electrons. The molecule has 0 aliphatic rings. The minimum Gasteiger partial charge on any atom is -0.435 e. The maximum atomic E-state index is 14.4. The lowest BCUT2D eigenvalue weighted by molar-refractivity contribution is -0.137. The molecule has 0 bridgehead atoms. The first-order valence-electron chi connectivity index (χ1n) is 19.9. The van der Waals surface area contributed by atoms with Gasteiger partial charge in [-0.05, 0) is 125 Å². The van der Waals surface area contributed by atoms with E-state index in [-0.39, 0.29) is 17.1 Å². The van der Waals surface area contributed by atoms with Crippen LogP contribution < -0.4 is 4.74 Å². The van der Waals surface area contributed by atoms with Crippen LogP contribution in [0.1, 0.15) is 78.5 Å². The van der Waals surface area contributed by atoms with E-state index < -0.39 is 24.2 Å². The zero-order valence-corrected chi connectivity index (χ0v) is 32.9. The number of ether oxygens (including phenoxy) is 1. The monoisotopic (exact) mass is 798 g/mol. The molecule has 0 fully saturated rings. The normalized spacial score (nSPS) is 11.3. The van der Waals surface area contributed by atoms with Crippen LogP contribution in [0.5, 0.6) is 5.75 Å². The molecule has 0 unspecified atom stereocenters. The zero-order valence-electron chi connectivity index (χ0n) is 32.9. The molecule has 0 atom stereocenters. The van der Waals surface area contributed by atoms with Gasteiger partial charge in [-0.15, -0.1) is 0 Å². The minimum absolute atomic E-state index is 0.119. The second-order valence-electron chi connectivity index (χ2n) is 14.4. The molecule has 6 aromatic carbocycles. The molecule has 6 aromatic rings. The van der Waals surface area contributed by atoms with Crippen molar-refractivity contribution in [3.8, 4) is 28.0 Å². The Labute approximate surface area is 337 Å². The summed E-state index contributed by atoms with van der Waals surface area (Å²) in [5, 5.41) is 0. The Balaban J connectivity index is 0.000000221. The van der Waals surface area contributed by atoms with E-state index in [0.29, 0.717) is 18.1 Å². The van der Waals surface area contributed by atoms with Crippen molar-refractivity contribution >= 4 is 0 Å². The molecule has 0 saturated carbocycles. The van der Waals surface area contributed by atoms with Crippen LogP contribution in [0, 0.1) is 11.6 Å². The summed E-state index contributed by atoms with van der Waals surface area (Å²) < 4.78 is 95.4. The Hall–Kier alpha value is -5.37. The highest BCUT2D eigenvalue weighted by Gasteiger charge is 2.31. The Bertz CT molecular complexity index is 2140. The maximum Gasteiger partial charge on any atom is 0.416 e. The highest BCUT2D eigenvalue weighted by Crippen LogP contribution is 2.33. The first-order valence-corrected chi connectivity index (χ1v) is 19.9. The zero-order chi connectivity index (χ0) is 41.5. The van der Waals surface area contributed by atoms with E-state index in [1.165, 1.54) is 35.7 Å². The predicted octanol–water partition coefficient (Wildman–Crippen LogP) is 14.9. The van der Waals surface area contributed by atoms with Crippen LogP contribution in [-0.4, -0.2) is 6.61 Å². The van der Waals surface area contributed by atoms with Gasteiger partial charge in [-0.2, -0.15) is 22.0 Å². The van der Waals surface area contributed by atoms with Crippen LogP contribution in [0.4, 0.5) is 30.7 Å². The SMILES string of the molecule is CCCCCc1ccc(CCc2ccc(-c3ccc(OC(F)F)cc3)cc2)c(F)c1.CCCc1ccc(CCc2ccc(-c3ccc(C(F)(F)F)cc3F)cc2)cc1. The van der Waals surface area contributed by atoms with E-state index in [9.17, 15) is 30.7 Å². The van der Waals surface area contributed by atoms with E-state index in [0.717, 1.165) is 90.8 Å². The molecule has 0 N–H and O–H groups in total. The smallest absolute Gasteiger partial charge is 0.416 e. The Morgan fingerprint density at radius 1 is 0.466 bits per heavy atom. The van der Waals surface area contributed by atoms with Crippen molar-refractivity contribution in [2.45, 2.75) is 90.8 Å². The molecule has 0 aromatic heterocycles. The number of rotatable bonds is 16. The van der Waals surface area contributed by atoms with Crippen molar-refractivity contribution < 1.29 is 35.5 Å². The second kappa shape index (κ2) is 21.4. The third-order valence-corrected chi connectivity index (χ3v) is 10.1. The Kier molecular flexibility index (Phi) is 16.1. The van der Waals surface area contributed by atoms with E-state index in [4.69, 9.17) is 0 Å². The van der Waals surface area contributed by atoms with Crippen LogP contribution in [0.25, 0.3) is 22.3 Å². The number of hydrogen-bond acceptors (Lipinski definition) is 1. The van der Waals surface area contributed by atoms with Crippen molar-refractivity contribution in [1.82, 2.24) is 0 Å². The molecule has 0 heterocycles. The molecule has 0 aliphatic carbocycles. The first kappa shape index (κ1) is 43.7. The molecular formula is C50H49F7O. The van der Waals surface area contributed by atoms with Crippen LogP contribution in [0.15, 0.2) is 133 Å². The van der Waals surface area contributed by atoms with Gasteiger partial charge in [0.25, 0.3) is 0 Å². The summed E-state index contributed by atoms with van der Waals surface area (Å²) in [5.74, 6) is -0.842. The van der Waals surface area contributed by atoms with Gasteiger partial charge in [-0.1, -0.05) is 136 Å². The van der Waals surface area contributed by atoms with Crippen molar-refractivity contribution in [3.63, 3.8) is 0 Å². The summed E-state index contributed by atoms with van der Waals surface area (Å²) in [6.07, 6.45) is 5.21. The number of benzene rings is 6. The third-order valence-electron chi connectivity index (χ3n) is 10.1. The average Bonchev–Trinajstić information content (AvgIpc) is 3.21. The molecule has 6 rings (SSSR count). The largest absolute Gasteiger partial charge is 0.435 e. The van der Waals surface area contributed by atoms with E-state index >= 15 is 0 Å². The Morgan fingerprint density at radius 2 is 0.966 bits per heavy atom. The molecule has 0 spiro atoms. The van der Waals surface area contributed by atoms with E-state index in [1.54, 1.807) is 30.3 Å². The fourth-order valence-corrected chi connectivity index (χ4v) is 6.73. The van der Waals surface area contributed by atoms with Gasteiger partial charge in [0.15, 0.2) is 0 Å². The van der Waals surface area contributed by atoms with E-state index in [2.05, 4.69) is 42.8 Å². The molecule has 0 saturated heterocycles. The summed E-state index contributed by atoms with van der Waals surface area (Å²) in [4.78, 5) is 0. The van der Waals surface area contributed by atoms with Crippen molar-refractivity contribution in [1.29, 1.82) is 0 Å². The van der Waals surface area contributed by atoms with Gasteiger partial charge in [0.1, 0.15) is 17.4 Å². The summed E-state index contributed by atoms with van der Waals surface area (Å²) in [7, 11) is 0. The van der Waals surface area contributed by atoms with Crippen molar-refractivity contribution in [2.75, 3.05) is 0 Å². The van der Waals surface area contributed by atoms with Gasteiger partial charge in [-0.25, -0.2) is 8.78 Å². The molecule has 1 nitrogen and oxygen atoms in total. The van der Waals surface area contributed by atoms with E-state index in [1.807, 2.05) is 48.5 Å². The van der Waals surface area contributed by atoms with Gasteiger partial charge in [0.2, 0.25) is 0 Å². The van der Waals surface area contributed by atoms with Gasteiger partial charge >= 0.3 is 12.8 Å². The number of aryl methyl sites for hydroxylation is 6. The second-order valence-corrected chi connectivity index (χ2v) is 14.4. The topological polar surface area (TPSA) is 9.23 Å². The molecule has 0 radical (unpaired) electrons. The number of alkyl halides is 5. The fraction of sp³-hybridized carbons (Fsp3) is 0.280. The average molecular weight is 799 g/mol. The molecule has 0 aliphatic heterocycles. The fourth-order valence-electron chi connectivity index (χ4n) is 6.73. The number of hydrogen-bond donors (Lipinski definition) is 0.